The van der Waals surface area contributed by atoms with E-state index in [1.54, 1.807) is 11.0 Å². The third kappa shape index (κ3) is 6.41. The van der Waals surface area contributed by atoms with Crippen molar-refractivity contribution in [2.75, 3.05) is 26.7 Å². The van der Waals surface area contributed by atoms with E-state index >= 15 is 0 Å². The lowest BCUT2D eigenvalue weighted by atomic mass is 9.99. The Bertz CT molecular complexity index is 851. The molecule has 0 saturated heterocycles. The molecule has 1 aliphatic rings. The van der Waals surface area contributed by atoms with Crippen molar-refractivity contribution in [2.24, 2.45) is 12.0 Å². The Balaban J connectivity index is 0.00000320. The van der Waals surface area contributed by atoms with E-state index in [2.05, 4.69) is 38.6 Å². The van der Waals surface area contributed by atoms with Crippen LogP contribution in [-0.2, 0) is 31.4 Å². The molecule has 0 fully saturated rings. The molecule has 1 aromatic carbocycles. The van der Waals surface area contributed by atoms with Gasteiger partial charge in [-0.25, -0.2) is 4.98 Å². The topological polar surface area (TPSA) is 78.7 Å². The van der Waals surface area contributed by atoms with Crippen LogP contribution in [0.25, 0.3) is 0 Å². The molecule has 1 aliphatic heterocycles. The Morgan fingerprint density at radius 1 is 1.30 bits per heavy atom. The zero-order chi connectivity index (χ0) is 20.6. The molecular weight excluding hydrogens is 493 g/mol. The maximum Gasteiger partial charge on any atom is 0.222 e. The first-order valence-corrected chi connectivity index (χ1v) is 10.3. The van der Waals surface area contributed by atoms with Gasteiger partial charge in [-0.15, -0.1) is 24.0 Å². The molecule has 30 heavy (non-hydrogen) atoms. The van der Waals surface area contributed by atoms with Crippen LogP contribution in [0.1, 0.15) is 36.7 Å². The predicted octanol–water partition coefficient (Wildman–Crippen LogP) is 2.20. The zero-order valence-corrected chi connectivity index (χ0v) is 20.4. The molecule has 0 unspecified atom stereocenters. The summed E-state index contributed by atoms with van der Waals surface area (Å²) in [4.78, 5) is 25.5. The van der Waals surface area contributed by atoms with Crippen LogP contribution in [-0.4, -0.2) is 63.1 Å². The van der Waals surface area contributed by atoms with Gasteiger partial charge in [0.05, 0.1) is 6.54 Å². The minimum Gasteiger partial charge on any atom is -0.357 e. The van der Waals surface area contributed by atoms with Gasteiger partial charge in [0.2, 0.25) is 5.91 Å². The summed E-state index contributed by atoms with van der Waals surface area (Å²) in [7, 11) is 3.86. The summed E-state index contributed by atoms with van der Waals surface area (Å²) in [6, 6.07) is 8.39. The predicted molar refractivity (Wildman–Crippen MR) is 129 cm³/mol. The van der Waals surface area contributed by atoms with E-state index < -0.39 is 0 Å². The van der Waals surface area contributed by atoms with E-state index in [0.717, 1.165) is 44.3 Å². The van der Waals surface area contributed by atoms with Crippen LogP contribution < -0.4 is 5.32 Å². The van der Waals surface area contributed by atoms with Crippen LogP contribution in [0.5, 0.6) is 0 Å². The van der Waals surface area contributed by atoms with E-state index in [1.807, 2.05) is 36.9 Å². The standard InChI is InChI=1S/C21H31N7O.HI/c1-4-22-21(26(2)15-19-24-16-25-27(19)3)23-12-7-10-20(29)28-13-11-17-8-5-6-9-18(17)14-28;/h5-6,8-9,16H,4,7,10-15H2,1-3H3,(H,22,23);1H. The molecule has 2 heterocycles. The smallest absolute Gasteiger partial charge is 0.222 e. The van der Waals surface area contributed by atoms with Crippen molar-refractivity contribution < 1.29 is 4.79 Å². The third-order valence-corrected chi connectivity index (χ3v) is 5.17. The van der Waals surface area contributed by atoms with Crippen molar-refractivity contribution in [2.45, 2.75) is 39.3 Å². The number of halogens is 1. The maximum atomic E-state index is 12.6. The van der Waals surface area contributed by atoms with Gasteiger partial charge in [0.15, 0.2) is 5.96 Å². The quantitative estimate of drug-likeness (QED) is 0.260. The van der Waals surface area contributed by atoms with E-state index in [9.17, 15) is 4.79 Å². The number of fused-ring (bicyclic) bond motifs is 1. The molecule has 3 rings (SSSR count). The lowest BCUT2D eigenvalue weighted by Gasteiger charge is -2.29. The SMILES string of the molecule is CCNC(=NCCCC(=O)N1CCc2ccccc2C1)N(C)Cc1ncnn1C.I. The largest absolute Gasteiger partial charge is 0.357 e. The van der Waals surface area contributed by atoms with Crippen LogP contribution in [0.2, 0.25) is 0 Å². The van der Waals surface area contributed by atoms with E-state index in [4.69, 9.17) is 0 Å². The molecule has 1 N–H and O–H groups in total. The molecule has 2 aromatic rings. The number of aromatic nitrogens is 3. The average Bonchev–Trinajstić information content (AvgIpc) is 3.14. The molecule has 0 spiro atoms. The molecular formula is C21H32IN7O. The Morgan fingerprint density at radius 3 is 2.77 bits per heavy atom. The number of hydrogen-bond acceptors (Lipinski definition) is 4. The van der Waals surface area contributed by atoms with Crippen molar-refractivity contribution in [3.05, 3.63) is 47.5 Å². The van der Waals surface area contributed by atoms with Crippen LogP contribution in [0, 0.1) is 0 Å². The van der Waals surface area contributed by atoms with Crippen molar-refractivity contribution in [1.29, 1.82) is 0 Å². The molecule has 0 aliphatic carbocycles. The highest BCUT2D eigenvalue weighted by molar-refractivity contribution is 14.0. The van der Waals surface area contributed by atoms with Gasteiger partial charge in [-0.05, 0) is 30.9 Å². The lowest BCUT2D eigenvalue weighted by Crippen LogP contribution is -2.39. The van der Waals surface area contributed by atoms with Gasteiger partial charge < -0.3 is 15.1 Å². The molecule has 0 radical (unpaired) electrons. The minimum atomic E-state index is 0. The molecule has 0 bridgehead atoms. The first kappa shape index (κ1) is 24.1. The van der Waals surface area contributed by atoms with Crippen molar-refractivity contribution in [1.82, 2.24) is 29.9 Å². The van der Waals surface area contributed by atoms with Crippen LogP contribution in [0.4, 0.5) is 0 Å². The highest BCUT2D eigenvalue weighted by atomic mass is 127. The average molecular weight is 525 g/mol. The van der Waals surface area contributed by atoms with Crippen LogP contribution in [0.15, 0.2) is 35.6 Å². The number of amides is 1. The van der Waals surface area contributed by atoms with Gasteiger partial charge in [0.1, 0.15) is 12.2 Å². The Labute approximate surface area is 195 Å². The van der Waals surface area contributed by atoms with Crippen molar-refractivity contribution in [3.8, 4) is 0 Å². The third-order valence-electron chi connectivity index (χ3n) is 5.17. The van der Waals surface area contributed by atoms with Gasteiger partial charge in [0.25, 0.3) is 0 Å². The highest BCUT2D eigenvalue weighted by Gasteiger charge is 2.19. The number of nitrogens with one attached hydrogen (secondary N) is 1. The molecule has 1 aromatic heterocycles. The number of rotatable bonds is 7. The Morgan fingerprint density at radius 2 is 2.07 bits per heavy atom. The number of nitrogens with zero attached hydrogens (tertiary/aromatic N) is 6. The van der Waals surface area contributed by atoms with Crippen molar-refractivity contribution >= 4 is 35.8 Å². The number of guanidine groups is 1. The summed E-state index contributed by atoms with van der Waals surface area (Å²) in [6.45, 7) is 5.59. The summed E-state index contributed by atoms with van der Waals surface area (Å²) in [5.41, 5.74) is 2.63. The van der Waals surface area contributed by atoms with Crippen LogP contribution in [0.3, 0.4) is 0 Å². The second-order valence-electron chi connectivity index (χ2n) is 7.33. The lowest BCUT2D eigenvalue weighted by molar-refractivity contribution is -0.132. The Kier molecular flexibility index (Phi) is 9.54. The number of carbonyl (C=O) groups is 1. The van der Waals surface area contributed by atoms with E-state index in [0.29, 0.717) is 19.5 Å². The first-order valence-electron chi connectivity index (χ1n) is 10.3. The zero-order valence-electron chi connectivity index (χ0n) is 18.0. The summed E-state index contributed by atoms with van der Waals surface area (Å²) in [5.74, 6) is 1.90. The monoisotopic (exact) mass is 525 g/mol. The summed E-state index contributed by atoms with van der Waals surface area (Å²) in [6.07, 6.45) is 3.76. The fraction of sp³-hybridized carbons (Fsp3) is 0.524. The molecule has 8 nitrogen and oxygen atoms in total. The van der Waals surface area contributed by atoms with Gasteiger partial charge >= 0.3 is 0 Å². The summed E-state index contributed by atoms with van der Waals surface area (Å²) < 4.78 is 1.76. The summed E-state index contributed by atoms with van der Waals surface area (Å²) >= 11 is 0. The van der Waals surface area contributed by atoms with Crippen LogP contribution >= 0.6 is 24.0 Å². The molecule has 0 atom stereocenters. The second kappa shape index (κ2) is 11.9. The number of aliphatic imine (C=N–C) groups is 1. The molecule has 164 valence electrons. The molecule has 0 saturated carbocycles. The first-order chi connectivity index (χ1) is 14.1. The fourth-order valence-corrected chi connectivity index (χ4v) is 3.50. The number of benzene rings is 1. The van der Waals surface area contributed by atoms with Crippen molar-refractivity contribution in [3.63, 3.8) is 0 Å². The highest BCUT2D eigenvalue weighted by Crippen LogP contribution is 2.19. The molecule has 1 amide bonds. The van der Waals surface area contributed by atoms with Gasteiger partial charge in [-0.3, -0.25) is 14.5 Å². The Hall–Kier alpha value is -2.17. The van der Waals surface area contributed by atoms with Gasteiger partial charge in [-0.2, -0.15) is 5.10 Å². The number of carbonyl (C=O) groups excluding carboxylic acids is 1. The second-order valence-corrected chi connectivity index (χ2v) is 7.33. The maximum absolute atomic E-state index is 12.6. The number of aryl methyl sites for hydroxylation is 1. The minimum absolute atomic E-state index is 0. The van der Waals surface area contributed by atoms with Gasteiger partial charge in [-0.1, -0.05) is 24.3 Å². The number of hydrogen-bond donors (Lipinski definition) is 1. The van der Waals surface area contributed by atoms with E-state index in [-0.39, 0.29) is 29.9 Å². The van der Waals surface area contributed by atoms with E-state index in [1.165, 1.54) is 11.1 Å². The fourth-order valence-electron chi connectivity index (χ4n) is 3.50. The normalized spacial score (nSPS) is 13.4. The summed E-state index contributed by atoms with van der Waals surface area (Å²) in [5, 5.41) is 7.40. The molecule has 9 heteroatoms. The van der Waals surface area contributed by atoms with Gasteiger partial charge in [0, 0.05) is 46.7 Å².